The molecule has 0 bridgehead atoms. The molecule has 1 aromatic rings. The number of benzene rings is 1. The third kappa shape index (κ3) is 4.62. The topological polar surface area (TPSA) is 67.4 Å². The summed E-state index contributed by atoms with van der Waals surface area (Å²) in [5.74, 6) is -0.457. The predicted octanol–water partition coefficient (Wildman–Crippen LogP) is 1.40. The summed E-state index contributed by atoms with van der Waals surface area (Å²) in [5, 5.41) is 5.19. The average Bonchev–Trinajstić information content (AvgIpc) is 2.44. The van der Waals surface area contributed by atoms with Crippen LogP contribution in [0.2, 0.25) is 0 Å². The molecule has 2 amide bonds. The number of rotatable bonds is 5. The minimum Gasteiger partial charge on any atom is -0.497 e. The molecule has 1 unspecified atom stereocenters. The van der Waals surface area contributed by atoms with E-state index in [1.54, 1.807) is 7.11 Å². The Hall–Kier alpha value is -2.04. The molecule has 5 nitrogen and oxygen atoms in total. The van der Waals surface area contributed by atoms with Crippen molar-refractivity contribution >= 4 is 11.8 Å². The molecule has 19 heavy (non-hydrogen) atoms. The molecule has 0 aliphatic carbocycles. The molecule has 0 fully saturated rings. The molecule has 0 aromatic heterocycles. The lowest BCUT2D eigenvalue weighted by atomic mass is 10.1. The molecule has 5 heteroatoms. The third-order valence-electron chi connectivity index (χ3n) is 2.71. The van der Waals surface area contributed by atoms with Gasteiger partial charge in [-0.15, -0.1) is 0 Å². The summed E-state index contributed by atoms with van der Waals surface area (Å²) in [6, 6.07) is 7.11. The molecule has 0 aliphatic heterocycles. The fourth-order valence-corrected chi connectivity index (χ4v) is 1.56. The van der Waals surface area contributed by atoms with Crippen molar-refractivity contribution in [3.8, 4) is 5.75 Å². The minimum absolute atomic E-state index is 0.231. The fourth-order valence-electron chi connectivity index (χ4n) is 1.56. The smallest absolute Gasteiger partial charge is 0.309 e. The van der Waals surface area contributed by atoms with Gasteiger partial charge in [0.2, 0.25) is 0 Å². The van der Waals surface area contributed by atoms with Gasteiger partial charge in [-0.1, -0.05) is 19.1 Å². The molecule has 0 saturated carbocycles. The summed E-state index contributed by atoms with van der Waals surface area (Å²) >= 11 is 0. The minimum atomic E-state index is -0.614. The Kier molecular flexibility index (Phi) is 5.85. The molecule has 0 aliphatic rings. The summed E-state index contributed by atoms with van der Waals surface area (Å²) in [6.45, 7) is 4.26. The first-order valence-corrected chi connectivity index (χ1v) is 6.31. The summed E-state index contributed by atoms with van der Waals surface area (Å²) in [7, 11) is 1.60. The maximum atomic E-state index is 11.6. The highest BCUT2D eigenvalue weighted by Crippen LogP contribution is 2.16. The van der Waals surface area contributed by atoms with E-state index in [-0.39, 0.29) is 6.04 Å². The molecule has 1 atom stereocenters. The SMILES string of the molecule is CCCNC(=O)C(=O)NC(C)c1ccc(OC)cc1. The Morgan fingerprint density at radius 2 is 1.84 bits per heavy atom. The molecule has 0 spiro atoms. The van der Waals surface area contributed by atoms with Crippen LogP contribution in [0.4, 0.5) is 0 Å². The largest absolute Gasteiger partial charge is 0.497 e. The molecule has 0 saturated heterocycles. The van der Waals surface area contributed by atoms with E-state index in [1.165, 1.54) is 0 Å². The second kappa shape index (κ2) is 7.41. The van der Waals surface area contributed by atoms with E-state index in [0.717, 1.165) is 17.7 Å². The van der Waals surface area contributed by atoms with Gasteiger partial charge < -0.3 is 15.4 Å². The first kappa shape index (κ1) is 15.0. The van der Waals surface area contributed by atoms with Crippen LogP contribution in [0.15, 0.2) is 24.3 Å². The maximum absolute atomic E-state index is 11.6. The van der Waals surface area contributed by atoms with Crippen molar-refractivity contribution in [3.63, 3.8) is 0 Å². The quantitative estimate of drug-likeness (QED) is 0.790. The van der Waals surface area contributed by atoms with Crippen molar-refractivity contribution in [2.45, 2.75) is 26.3 Å². The van der Waals surface area contributed by atoms with Crippen LogP contribution in [-0.2, 0) is 9.59 Å². The van der Waals surface area contributed by atoms with E-state index >= 15 is 0 Å². The Balaban J connectivity index is 2.55. The Morgan fingerprint density at radius 1 is 1.21 bits per heavy atom. The highest BCUT2D eigenvalue weighted by atomic mass is 16.5. The number of nitrogens with one attached hydrogen (secondary N) is 2. The van der Waals surface area contributed by atoms with Crippen LogP contribution in [0.5, 0.6) is 5.75 Å². The Bertz CT molecular complexity index is 429. The highest BCUT2D eigenvalue weighted by Gasteiger charge is 2.16. The van der Waals surface area contributed by atoms with Crippen molar-refractivity contribution in [1.29, 1.82) is 0 Å². The van der Waals surface area contributed by atoms with Crippen molar-refractivity contribution in [2.75, 3.05) is 13.7 Å². The molecule has 0 radical (unpaired) electrons. The van der Waals surface area contributed by atoms with Gasteiger partial charge in [-0.05, 0) is 31.0 Å². The fraction of sp³-hybridized carbons (Fsp3) is 0.429. The number of carbonyl (C=O) groups excluding carboxylic acids is 2. The van der Waals surface area contributed by atoms with Crippen molar-refractivity contribution in [2.24, 2.45) is 0 Å². The zero-order valence-electron chi connectivity index (χ0n) is 11.5. The molecule has 2 N–H and O–H groups in total. The molecular formula is C14H20N2O3. The zero-order valence-corrected chi connectivity index (χ0v) is 11.5. The summed E-state index contributed by atoms with van der Waals surface area (Å²) in [5.41, 5.74) is 0.914. The molecule has 104 valence electrons. The standard InChI is InChI=1S/C14H20N2O3/c1-4-9-15-13(17)14(18)16-10(2)11-5-7-12(19-3)8-6-11/h5-8,10H,4,9H2,1-3H3,(H,15,17)(H,16,18). The van der Waals surface area contributed by atoms with Crippen LogP contribution in [0.25, 0.3) is 0 Å². The van der Waals surface area contributed by atoms with Gasteiger partial charge in [-0.3, -0.25) is 9.59 Å². The van der Waals surface area contributed by atoms with Crippen LogP contribution in [0.3, 0.4) is 0 Å². The number of hydrogen-bond donors (Lipinski definition) is 2. The lowest BCUT2D eigenvalue weighted by molar-refractivity contribution is -0.139. The molecule has 1 aromatic carbocycles. The Labute approximate surface area is 113 Å². The zero-order chi connectivity index (χ0) is 14.3. The lowest BCUT2D eigenvalue weighted by Gasteiger charge is -2.14. The van der Waals surface area contributed by atoms with Crippen LogP contribution >= 0.6 is 0 Å². The predicted molar refractivity (Wildman–Crippen MR) is 72.9 cm³/mol. The normalized spacial score (nSPS) is 11.5. The summed E-state index contributed by atoms with van der Waals surface area (Å²) in [4.78, 5) is 23.0. The summed E-state index contributed by atoms with van der Waals surface area (Å²) in [6.07, 6.45) is 0.799. The van der Waals surface area contributed by atoms with Gasteiger partial charge in [0, 0.05) is 6.54 Å². The van der Waals surface area contributed by atoms with Gasteiger partial charge in [0.1, 0.15) is 5.75 Å². The monoisotopic (exact) mass is 264 g/mol. The van der Waals surface area contributed by atoms with E-state index in [1.807, 2.05) is 38.1 Å². The van der Waals surface area contributed by atoms with Crippen LogP contribution < -0.4 is 15.4 Å². The van der Waals surface area contributed by atoms with Crippen LogP contribution in [-0.4, -0.2) is 25.5 Å². The van der Waals surface area contributed by atoms with Crippen molar-refractivity contribution in [3.05, 3.63) is 29.8 Å². The number of carbonyl (C=O) groups is 2. The molecule has 1 rings (SSSR count). The number of ether oxygens (including phenoxy) is 1. The van der Waals surface area contributed by atoms with Gasteiger partial charge in [-0.25, -0.2) is 0 Å². The van der Waals surface area contributed by atoms with E-state index < -0.39 is 11.8 Å². The van der Waals surface area contributed by atoms with E-state index in [9.17, 15) is 9.59 Å². The van der Waals surface area contributed by atoms with Gasteiger partial charge in [0.25, 0.3) is 0 Å². The number of amides is 2. The average molecular weight is 264 g/mol. The van der Waals surface area contributed by atoms with E-state index in [2.05, 4.69) is 10.6 Å². The first-order valence-electron chi connectivity index (χ1n) is 6.31. The van der Waals surface area contributed by atoms with Crippen LogP contribution in [0.1, 0.15) is 31.9 Å². The first-order chi connectivity index (χ1) is 9.08. The van der Waals surface area contributed by atoms with Crippen molar-refractivity contribution < 1.29 is 14.3 Å². The number of methoxy groups -OCH3 is 1. The summed E-state index contributed by atoms with van der Waals surface area (Å²) < 4.78 is 5.06. The second-order valence-electron chi connectivity index (χ2n) is 4.22. The van der Waals surface area contributed by atoms with Gasteiger partial charge >= 0.3 is 11.8 Å². The van der Waals surface area contributed by atoms with Crippen LogP contribution in [0, 0.1) is 0 Å². The molecule has 0 heterocycles. The van der Waals surface area contributed by atoms with Crippen molar-refractivity contribution in [1.82, 2.24) is 10.6 Å². The van der Waals surface area contributed by atoms with E-state index in [4.69, 9.17) is 4.74 Å². The van der Waals surface area contributed by atoms with Gasteiger partial charge in [0.05, 0.1) is 13.2 Å². The second-order valence-corrected chi connectivity index (χ2v) is 4.22. The van der Waals surface area contributed by atoms with E-state index in [0.29, 0.717) is 6.54 Å². The third-order valence-corrected chi connectivity index (χ3v) is 2.71. The lowest BCUT2D eigenvalue weighted by Crippen LogP contribution is -2.41. The highest BCUT2D eigenvalue weighted by molar-refractivity contribution is 6.35. The van der Waals surface area contributed by atoms with Gasteiger partial charge in [0.15, 0.2) is 0 Å². The molecular weight excluding hydrogens is 244 g/mol. The van der Waals surface area contributed by atoms with Gasteiger partial charge in [-0.2, -0.15) is 0 Å². The number of hydrogen-bond acceptors (Lipinski definition) is 3. The maximum Gasteiger partial charge on any atom is 0.309 e. The Morgan fingerprint density at radius 3 is 2.37 bits per heavy atom.